The average Bonchev–Trinajstić information content (AvgIpc) is 3.17. The van der Waals surface area contributed by atoms with Gasteiger partial charge in [0.1, 0.15) is 11.4 Å². The maximum Gasteiger partial charge on any atom is 0.421 e. The van der Waals surface area contributed by atoms with E-state index in [1.54, 1.807) is 17.2 Å². The molecule has 3 aromatic heterocycles. The highest BCUT2D eigenvalue weighted by atomic mass is 16.6. The van der Waals surface area contributed by atoms with Crippen LogP contribution < -0.4 is 10.7 Å². The topological polar surface area (TPSA) is 107 Å². The summed E-state index contributed by atoms with van der Waals surface area (Å²) in [5.41, 5.74) is 3.04. The van der Waals surface area contributed by atoms with Gasteiger partial charge in [0.15, 0.2) is 17.1 Å². The second-order valence-corrected chi connectivity index (χ2v) is 10.1. The molecular formula is C27H30N6O4. The summed E-state index contributed by atoms with van der Waals surface area (Å²) in [7, 11) is 0. The fraction of sp³-hybridized carbons (Fsp3) is 0.370. The Morgan fingerprint density at radius 2 is 1.84 bits per heavy atom. The molecule has 192 valence electrons. The van der Waals surface area contributed by atoms with Gasteiger partial charge in [-0.3, -0.25) is 4.57 Å². The molecule has 4 heterocycles. The summed E-state index contributed by atoms with van der Waals surface area (Å²) in [6.45, 7) is 10.2. The molecule has 1 fully saturated rings. The van der Waals surface area contributed by atoms with Gasteiger partial charge in [-0.25, -0.2) is 24.5 Å². The van der Waals surface area contributed by atoms with Crippen LogP contribution in [0.5, 0.6) is 0 Å². The molecule has 1 aliphatic heterocycles. The number of hydrogen-bond acceptors (Lipinski definition) is 8. The summed E-state index contributed by atoms with van der Waals surface area (Å²) < 4.78 is 12.4. The Hall–Kier alpha value is -4.21. The van der Waals surface area contributed by atoms with Crippen molar-refractivity contribution in [3.63, 3.8) is 0 Å². The first-order valence-electron chi connectivity index (χ1n) is 12.3. The van der Waals surface area contributed by atoms with E-state index in [0.29, 0.717) is 49.8 Å². The fourth-order valence-corrected chi connectivity index (χ4v) is 4.28. The SMILES string of the molecule is Cc1ccc2oc(=O)n(Cc3cccc(-c4nccc(N5CCN(C(=O)OC(C)(C)C)CC5)n4)c3)c2n1. The van der Waals surface area contributed by atoms with Gasteiger partial charge in [-0.05, 0) is 57.5 Å². The lowest BCUT2D eigenvalue weighted by atomic mass is 10.1. The van der Waals surface area contributed by atoms with Crippen LogP contribution in [-0.4, -0.2) is 62.3 Å². The van der Waals surface area contributed by atoms with E-state index in [2.05, 4.69) is 14.9 Å². The summed E-state index contributed by atoms with van der Waals surface area (Å²) in [6.07, 6.45) is 1.45. The molecule has 0 saturated carbocycles. The van der Waals surface area contributed by atoms with Gasteiger partial charge in [0, 0.05) is 43.6 Å². The van der Waals surface area contributed by atoms with Crippen molar-refractivity contribution in [2.45, 2.75) is 39.8 Å². The molecule has 10 heteroatoms. The molecular weight excluding hydrogens is 472 g/mol. The third-order valence-corrected chi connectivity index (χ3v) is 6.07. The van der Waals surface area contributed by atoms with Crippen LogP contribution in [0.3, 0.4) is 0 Å². The molecule has 0 bridgehead atoms. The van der Waals surface area contributed by atoms with E-state index in [0.717, 1.165) is 22.6 Å². The van der Waals surface area contributed by atoms with Crippen LogP contribution >= 0.6 is 0 Å². The van der Waals surface area contributed by atoms with Crippen LogP contribution in [0.1, 0.15) is 32.0 Å². The number of aryl methyl sites for hydroxylation is 1. The molecule has 0 atom stereocenters. The smallest absolute Gasteiger partial charge is 0.421 e. The van der Waals surface area contributed by atoms with Gasteiger partial charge in [0.2, 0.25) is 0 Å². The number of rotatable bonds is 4. The van der Waals surface area contributed by atoms with Crippen molar-refractivity contribution >= 4 is 23.1 Å². The Morgan fingerprint density at radius 3 is 2.59 bits per heavy atom. The second-order valence-electron chi connectivity index (χ2n) is 10.1. The number of amides is 1. The zero-order chi connectivity index (χ0) is 26.2. The minimum Gasteiger partial charge on any atom is -0.444 e. The molecule has 0 spiro atoms. The van der Waals surface area contributed by atoms with E-state index in [1.807, 2.05) is 64.1 Å². The lowest BCUT2D eigenvalue weighted by molar-refractivity contribution is 0.0240. The van der Waals surface area contributed by atoms with Gasteiger partial charge in [0.25, 0.3) is 0 Å². The van der Waals surface area contributed by atoms with E-state index >= 15 is 0 Å². The summed E-state index contributed by atoms with van der Waals surface area (Å²) in [4.78, 5) is 42.5. The molecule has 1 saturated heterocycles. The molecule has 1 aromatic carbocycles. The molecule has 0 radical (unpaired) electrons. The summed E-state index contributed by atoms with van der Waals surface area (Å²) >= 11 is 0. The number of aromatic nitrogens is 4. The number of anilines is 1. The normalized spacial score (nSPS) is 14.3. The highest BCUT2D eigenvalue weighted by Crippen LogP contribution is 2.22. The minimum atomic E-state index is -0.516. The van der Waals surface area contributed by atoms with Crippen LogP contribution in [0, 0.1) is 6.92 Å². The number of oxazole rings is 1. The van der Waals surface area contributed by atoms with Crippen LogP contribution in [-0.2, 0) is 11.3 Å². The lowest BCUT2D eigenvalue weighted by Crippen LogP contribution is -2.50. The molecule has 0 unspecified atom stereocenters. The maximum absolute atomic E-state index is 12.5. The van der Waals surface area contributed by atoms with E-state index in [4.69, 9.17) is 14.1 Å². The second kappa shape index (κ2) is 9.68. The number of benzene rings is 1. The number of fused-ring (bicyclic) bond motifs is 1. The number of carbonyl (C=O) groups is 1. The van der Waals surface area contributed by atoms with E-state index < -0.39 is 11.4 Å². The van der Waals surface area contributed by atoms with Gasteiger partial charge in [0.05, 0.1) is 6.54 Å². The molecule has 0 N–H and O–H groups in total. The first-order valence-corrected chi connectivity index (χ1v) is 12.3. The van der Waals surface area contributed by atoms with E-state index in [-0.39, 0.29) is 6.09 Å². The number of nitrogens with zero attached hydrogens (tertiary/aromatic N) is 6. The molecule has 0 aliphatic carbocycles. The average molecular weight is 503 g/mol. The number of ether oxygens (including phenoxy) is 1. The van der Waals surface area contributed by atoms with Gasteiger partial charge in [-0.1, -0.05) is 18.2 Å². The van der Waals surface area contributed by atoms with Crippen molar-refractivity contribution < 1.29 is 13.9 Å². The Labute approximate surface area is 214 Å². The molecule has 37 heavy (non-hydrogen) atoms. The van der Waals surface area contributed by atoms with Gasteiger partial charge in [-0.15, -0.1) is 0 Å². The Balaban J connectivity index is 1.32. The summed E-state index contributed by atoms with van der Waals surface area (Å²) in [6, 6.07) is 13.2. The minimum absolute atomic E-state index is 0.290. The van der Waals surface area contributed by atoms with Crippen LogP contribution in [0.25, 0.3) is 22.6 Å². The molecule has 10 nitrogen and oxygen atoms in total. The molecule has 1 aliphatic rings. The van der Waals surface area contributed by atoms with Crippen molar-refractivity contribution in [3.05, 3.63) is 70.5 Å². The summed E-state index contributed by atoms with van der Waals surface area (Å²) in [5, 5.41) is 0. The lowest BCUT2D eigenvalue weighted by Gasteiger charge is -2.36. The zero-order valence-corrected chi connectivity index (χ0v) is 21.5. The third-order valence-electron chi connectivity index (χ3n) is 6.07. The number of carbonyl (C=O) groups excluding carboxylic acids is 1. The maximum atomic E-state index is 12.5. The molecule has 4 aromatic rings. The van der Waals surface area contributed by atoms with Crippen molar-refractivity contribution in [1.29, 1.82) is 0 Å². The fourth-order valence-electron chi connectivity index (χ4n) is 4.28. The molecule has 5 rings (SSSR count). The van der Waals surface area contributed by atoms with Crippen molar-refractivity contribution in [2.75, 3.05) is 31.1 Å². The predicted molar refractivity (Wildman–Crippen MR) is 140 cm³/mol. The number of hydrogen-bond donors (Lipinski definition) is 0. The van der Waals surface area contributed by atoms with Gasteiger partial charge in [-0.2, -0.15) is 0 Å². The van der Waals surface area contributed by atoms with Crippen molar-refractivity contribution in [1.82, 2.24) is 24.4 Å². The third kappa shape index (κ3) is 5.47. The zero-order valence-electron chi connectivity index (χ0n) is 21.5. The number of pyridine rings is 1. The van der Waals surface area contributed by atoms with Gasteiger partial charge >= 0.3 is 11.8 Å². The predicted octanol–water partition coefficient (Wildman–Crippen LogP) is 3.86. The van der Waals surface area contributed by atoms with E-state index in [9.17, 15) is 9.59 Å². The van der Waals surface area contributed by atoms with Gasteiger partial charge < -0.3 is 19.0 Å². The van der Waals surface area contributed by atoms with Crippen molar-refractivity contribution in [3.8, 4) is 11.4 Å². The molecule has 1 amide bonds. The first kappa shape index (κ1) is 24.5. The standard InChI is InChI=1S/C27H30N6O4/c1-18-8-9-21-24(29-18)33(26(35)36-21)17-19-6-5-7-20(16-19)23-28-11-10-22(30-23)31-12-14-32(15-13-31)25(34)37-27(2,3)4/h5-11,16H,12-15,17H2,1-4H3. The number of piperazine rings is 1. The Kier molecular flexibility index (Phi) is 6.41. The highest BCUT2D eigenvalue weighted by Gasteiger charge is 2.26. The first-order chi connectivity index (χ1) is 17.7. The summed E-state index contributed by atoms with van der Waals surface area (Å²) in [5.74, 6) is 0.950. The quantitative estimate of drug-likeness (QED) is 0.414. The van der Waals surface area contributed by atoms with E-state index in [1.165, 1.54) is 4.57 Å². The van der Waals surface area contributed by atoms with Crippen LogP contribution in [0.15, 0.2) is 57.9 Å². The Bertz CT molecular complexity index is 1490. The Morgan fingerprint density at radius 1 is 1.05 bits per heavy atom. The monoisotopic (exact) mass is 502 g/mol. The largest absolute Gasteiger partial charge is 0.444 e. The van der Waals surface area contributed by atoms with Crippen LogP contribution in [0.2, 0.25) is 0 Å². The highest BCUT2D eigenvalue weighted by molar-refractivity contribution is 5.69. The van der Waals surface area contributed by atoms with Crippen LogP contribution in [0.4, 0.5) is 10.6 Å². The van der Waals surface area contributed by atoms with Crippen molar-refractivity contribution in [2.24, 2.45) is 0 Å².